The van der Waals surface area contributed by atoms with E-state index in [4.69, 9.17) is 0 Å². The second kappa shape index (κ2) is 6.39. The molecule has 0 radical (unpaired) electrons. The number of aromatic nitrogens is 3. The third kappa shape index (κ3) is 3.50. The second-order valence-corrected chi connectivity index (χ2v) is 6.16. The van der Waals surface area contributed by atoms with Crippen molar-refractivity contribution in [1.29, 1.82) is 0 Å². The van der Waals surface area contributed by atoms with Gasteiger partial charge in [0.05, 0.1) is 0 Å². The lowest BCUT2D eigenvalue weighted by Crippen LogP contribution is -2.36. The van der Waals surface area contributed by atoms with Gasteiger partial charge in [-0.1, -0.05) is 0 Å². The molecular weight excluding hydrogens is 260 g/mol. The van der Waals surface area contributed by atoms with E-state index in [0.717, 1.165) is 24.8 Å². The zero-order chi connectivity index (χ0) is 14.7. The van der Waals surface area contributed by atoms with E-state index in [0.29, 0.717) is 0 Å². The molecule has 0 aliphatic carbocycles. The minimum absolute atomic E-state index is 0.729. The van der Waals surface area contributed by atoms with Crippen molar-refractivity contribution in [1.82, 2.24) is 19.4 Å². The molecule has 0 amide bonds. The van der Waals surface area contributed by atoms with Gasteiger partial charge in [-0.15, -0.1) is 0 Å². The second-order valence-electron chi connectivity index (χ2n) is 6.16. The average molecular weight is 284 g/mol. The molecule has 1 unspecified atom stereocenters. The van der Waals surface area contributed by atoms with Crippen molar-refractivity contribution in [2.75, 3.05) is 13.1 Å². The fourth-order valence-corrected chi connectivity index (χ4v) is 3.31. The van der Waals surface area contributed by atoms with Gasteiger partial charge < -0.3 is 4.57 Å². The molecule has 3 heterocycles. The molecule has 21 heavy (non-hydrogen) atoms. The van der Waals surface area contributed by atoms with Crippen molar-refractivity contribution in [2.24, 2.45) is 5.92 Å². The summed E-state index contributed by atoms with van der Waals surface area (Å²) in [5, 5.41) is 0. The number of hydrogen-bond donors (Lipinski definition) is 0. The Morgan fingerprint density at radius 1 is 1.24 bits per heavy atom. The molecule has 3 rings (SSSR count). The van der Waals surface area contributed by atoms with Gasteiger partial charge in [0, 0.05) is 43.9 Å². The summed E-state index contributed by atoms with van der Waals surface area (Å²) >= 11 is 0. The first kappa shape index (κ1) is 14.3. The lowest BCUT2D eigenvalue weighted by Gasteiger charge is -2.33. The van der Waals surface area contributed by atoms with E-state index in [1.54, 1.807) is 0 Å². The van der Waals surface area contributed by atoms with Gasteiger partial charge >= 0.3 is 0 Å². The van der Waals surface area contributed by atoms with Crippen LogP contribution in [0.4, 0.5) is 0 Å². The van der Waals surface area contributed by atoms with Crippen LogP contribution in [0.5, 0.6) is 0 Å². The summed E-state index contributed by atoms with van der Waals surface area (Å²) in [7, 11) is 0. The summed E-state index contributed by atoms with van der Waals surface area (Å²) in [6.45, 7) is 8.79. The van der Waals surface area contributed by atoms with Crippen molar-refractivity contribution in [2.45, 2.75) is 39.8 Å². The van der Waals surface area contributed by atoms with Crippen LogP contribution in [0, 0.1) is 19.8 Å². The van der Waals surface area contributed by atoms with Crippen LogP contribution < -0.4 is 0 Å². The highest BCUT2D eigenvalue weighted by Gasteiger charge is 2.21. The molecule has 1 aliphatic rings. The summed E-state index contributed by atoms with van der Waals surface area (Å²) in [4.78, 5) is 11.1. The highest BCUT2D eigenvalue weighted by molar-refractivity contribution is 5.09. The fourth-order valence-electron chi connectivity index (χ4n) is 3.31. The number of pyridine rings is 1. The molecule has 0 aromatic carbocycles. The molecule has 4 heteroatoms. The Kier molecular flexibility index (Phi) is 4.34. The van der Waals surface area contributed by atoms with Gasteiger partial charge in [-0.2, -0.15) is 0 Å². The zero-order valence-electron chi connectivity index (χ0n) is 13.0. The van der Waals surface area contributed by atoms with Crippen molar-refractivity contribution < 1.29 is 0 Å². The van der Waals surface area contributed by atoms with Crippen LogP contribution in [0.15, 0.2) is 30.7 Å². The summed E-state index contributed by atoms with van der Waals surface area (Å²) in [6.07, 6.45) is 8.36. The molecule has 0 bridgehead atoms. The molecular formula is C17H24N4. The van der Waals surface area contributed by atoms with Crippen LogP contribution >= 0.6 is 0 Å². The predicted octanol–water partition coefficient (Wildman–Crippen LogP) is 2.81. The number of hydrogen-bond acceptors (Lipinski definition) is 3. The predicted molar refractivity (Wildman–Crippen MR) is 83.9 cm³/mol. The quantitative estimate of drug-likeness (QED) is 0.866. The lowest BCUT2D eigenvalue weighted by atomic mass is 9.97. The Bertz CT molecular complexity index is 556. The Morgan fingerprint density at radius 3 is 2.76 bits per heavy atom. The first-order valence-corrected chi connectivity index (χ1v) is 7.82. The average Bonchev–Trinajstić information content (AvgIpc) is 2.81. The third-order valence-corrected chi connectivity index (χ3v) is 4.45. The van der Waals surface area contributed by atoms with Crippen LogP contribution in [0.2, 0.25) is 0 Å². The molecule has 2 aromatic heterocycles. The summed E-state index contributed by atoms with van der Waals surface area (Å²) in [6, 6.07) is 4.24. The largest absolute Gasteiger partial charge is 0.332 e. The lowest BCUT2D eigenvalue weighted by molar-refractivity contribution is 0.155. The number of piperidine rings is 1. The van der Waals surface area contributed by atoms with Gasteiger partial charge in [-0.05, 0) is 56.8 Å². The maximum Gasteiger partial charge on any atom is 0.105 e. The number of rotatable bonds is 4. The first-order valence-electron chi connectivity index (χ1n) is 7.82. The standard InChI is InChI=1S/C17H24N4/c1-14-10-19-15(2)21(14)13-17-4-3-9-20(12-17)11-16-5-7-18-8-6-16/h5-8,10,17H,3-4,9,11-13H2,1-2H3. The maximum atomic E-state index is 4.41. The maximum absolute atomic E-state index is 4.41. The SMILES string of the molecule is Cc1cnc(C)n1CC1CCCN(Cc2ccncc2)C1. The molecule has 1 saturated heterocycles. The Labute approximate surface area is 126 Å². The molecule has 1 atom stereocenters. The summed E-state index contributed by atoms with van der Waals surface area (Å²) in [5.41, 5.74) is 2.64. The van der Waals surface area contributed by atoms with Gasteiger partial charge in [0.1, 0.15) is 5.82 Å². The van der Waals surface area contributed by atoms with Gasteiger partial charge in [0.25, 0.3) is 0 Å². The number of nitrogens with zero attached hydrogens (tertiary/aromatic N) is 4. The minimum atomic E-state index is 0.729. The molecule has 1 aliphatic heterocycles. The van der Waals surface area contributed by atoms with Crippen molar-refractivity contribution in [3.8, 4) is 0 Å². The van der Waals surface area contributed by atoms with Crippen LogP contribution in [-0.4, -0.2) is 32.5 Å². The van der Waals surface area contributed by atoms with Crippen molar-refractivity contribution in [3.05, 3.63) is 47.8 Å². The molecule has 2 aromatic rings. The van der Waals surface area contributed by atoms with Crippen molar-refractivity contribution in [3.63, 3.8) is 0 Å². The van der Waals surface area contributed by atoms with E-state index in [-0.39, 0.29) is 0 Å². The monoisotopic (exact) mass is 284 g/mol. The minimum Gasteiger partial charge on any atom is -0.332 e. The summed E-state index contributed by atoms with van der Waals surface area (Å²) < 4.78 is 2.36. The van der Waals surface area contributed by atoms with Crippen LogP contribution in [0.3, 0.4) is 0 Å². The normalized spacial score (nSPS) is 19.8. The number of imidazole rings is 1. The molecule has 1 fully saturated rings. The van der Waals surface area contributed by atoms with Gasteiger partial charge in [-0.3, -0.25) is 9.88 Å². The van der Waals surface area contributed by atoms with E-state index in [2.05, 4.69) is 45.4 Å². The van der Waals surface area contributed by atoms with Gasteiger partial charge in [0.2, 0.25) is 0 Å². The Hall–Kier alpha value is -1.68. The Morgan fingerprint density at radius 2 is 2.05 bits per heavy atom. The first-order chi connectivity index (χ1) is 10.2. The molecule has 0 N–H and O–H groups in total. The topological polar surface area (TPSA) is 34.0 Å². The van der Waals surface area contributed by atoms with E-state index in [1.165, 1.54) is 37.2 Å². The highest BCUT2D eigenvalue weighted by atomic mass is 15.1. The molecule has 112 valence electrons. The number of likely N-dealkylation sites (tertiary alicyclic amines) is 1. The fraction of sp³-hybridized carbons (Fsp3) is 0.529. The van der Waals surface area contributed by atoms with Crippen LogP contribution in [-0.2, 0) is 13.1 Å². The van der Waals surface area contributed by atoms with E-state index in [1.807, 2.05) is 18.6 Å². The van der Waals surface area contributed by atoms with Gasteiger partial charge in [0.15, 0.2) is 0 Å². The van der Waals surface area contributed by atoms with Crippen molar-refractivity contribution >= 4 is 0 Å². The highest BCUT2D eigenvalue weighted by Crippen LogP contribution is 2.21. The van der Waals surface area contributed by atoms with E-state index < -0.39 is 0 Å². The molecule has 4 nitrogen and oxygen atoms in total. The number of aryl methyl sites for hydroxylation is 2. The zero-order valence-corrected chi connectivity index (χ0v) is 13.0. The van der Waals surface area contributed by atoms with E-state index >= 15 is 0 Å². The van der Waals surface area contributed by atoms with Gasteiger partial charge in [-0.25, -0.2) is 4.98 Å². The molecule has 0 spiro atoms. The van der Waals surface area contributed by atoms with E-state index in [9.17, 15) is 0 Å². The van der Waals surface area contributed by atoms with Crippen LogP contribution in [0.1, 0.15) is 29.9 Å². The smallest absolute Gasteiger partial charge is 0.105 e. The van der Waals surface area contributed by atoms with Crippen LogP contribution in [0.25, 0.3) is 0 Å². The third-order valence-electron chi connectivity index (χ3n) is 4.45. The Balaban J connectivity index is 1.61. The summed E-state index contributed by atoms with van der Waals surface area (Å²) in [5.74, 6) is 1.87. The molecule has 0 saturated carbocycles.